The highest BCUT2D eigenvalue weighted by molar-refractivity contribution is 6.22. The average molecular weight is 454 g/mol. The number of para-hydroxylation sites is 1. The summed E-state index contributed by atoms with van der Waals surface area (Å²) in [5.74, 6) is 0.409. The molecule has 1 aliphatic carbocycles. The molecule has 2 fully saturated rings. The summed E-state index contributed by atoms with van der Waals surface area (Å²) < 4.78 is 0. The first-order valence-corrected chi connectivity index (χ1v) is 12.8. The van der Waals surface area contributed by atoms with E-state index in [1.54, 1.807) is 0 Å². The second-order valence-corrected chi connectivity index (χ2v) is 10.8. The van der Waals surface area contributed by atoms with Gasteiger partial charge in [-0.3, -0.25) is 9.69 Å². The van der Waals surface area contributed by atoms with Gasteiger partial charge in [-0.25, -0.2) is 0 Å². The van der Waals surface area contributed by atoms with E-state index >= 15 is 0 Å². The van der Waals surface area contributed by atoms with E-state index in [1.807, 2.05) is 18.2 Å². The molecule has 1 aromatic carbocycles. The van der Waals surface area contributed by atoms with Gasteiger partial charge in [0.25, 0.3) is 0 Å². The Kier molecular flexibility index (Phi) is 7.18. The summed E-state index contributed by atoms with van der Waals surface area (Å²) in [6, 6.07) is 8.13. The van der Waals surface area contributed by atoms with Crippen LogP contribution in [0.25, 0.3) is 5.57 Å². The van der Waals surface area contributed by atoms with E-state index < -0.39 is 5.66 Å². The number of carbonyl (C=O) groups is 1. The molecule has 1 unspecified atom stereocenters. The zero-order valence-electron chi connectivity index (χ0n) is 20.8. The van der Waals surface area contributed by atoms with Crippen molar-refractivity contribution >= 4 is 17.2 Å². The van der Waals surface area contributed by atoms with Crippen LogP contribution in [0.5, 0.6) is 0 Å². The molecule has 1 atom stereocenters. The van der Waals surface area contributed by atoms with Crippen molar-refractivity contribution in [2.75, 3.05) is 45.6 Å². The molecule has 33 heavy (non-hydrogen) atoms. The van der Waals surface area contributed by atoms with E-state index in [0.29, 0.717) is 12.1 Å². The molecule has 1 saturated carbocycles. The van der Waals surface area contributed by atoms with Crippen LogP contribution in [0.1, 0.15) is 63.9 Å². The Morgan fingerprint density at radius 3 is 2.42 bits per heavy atom. The first kappa shape index (κ1) is 24.2. The minimum Gasteiger partial charge on any atom is -0.366 e. The molecule has 0 aromatic heterocycles. The van der Waals surface area contributed by atoms with Gasteiger partial charge in [0.2, 0.25) is 5.91 Å². The number of nitrogens with one attached hydrogen (secondary N) is 1. The second kappa shape index (κ2) is 9.77. The van der Waals surface area contributed by atoms with Crippen molar-refractivity contribution < 1.29 is 4.79 Å². The van der Waals surface area contributed by atoms with Gasteiger partial charge in [0.05, 0.1) is 5.57 Å². The molecule has 1 aromatic rings. The Bertz CT molecular complexity index is 880. The van der Waals surface area contributed by atoms with E-state index in [9.17, 15) is 4.79 Å². The van der Waals surface area contributed by atoms with E-state index in [-0.39, 0.29) is 11.3 Å². The highest BCUT2D eigenvalue weighted by Crippen LogP contribution is 2.55. The molecular formula is C27H43N5O. The van der Waals surface area contributed by atoms with Crippen LogP contribution in [-0.4, -0.2) is 61.6 Å². The van der Waals surface area contributed by atoms with Crippen molar-refractivity contribution in [3.05, 3.63) is 35.4 Å². The molecule has 0 radical (unpaired) electrons. The third-order valence-electron chi connectivity index (χ3n) is 8.72. The van der Waals surface area contributed by atoms with Crippen molar-refractivity contribution in [2.45, 2.75) is 64.0 Å². The van der Waals surface area contributed by atoms with Crippen molar-refractivity contribution in [3.63, 3.8) is 0 Å². The third kappa shape index (κ3) is 4.22. The maximum atomic E-state index is 12.9. The number of nitrogens with zero attached hydrogens (tertiary/aromatic N) is 2. The van der Waals surface area contributed by atoms with Gasteiger partial charge in [0, 0.05) is 36.3 Å². The van der Waals surface area contributed by atoms with Crippen LogP contribution in [-0.2, 0) is 4.79 Å². The van der Waals surface area contributed by atoms with Crippen molar-refractivity contribution in [3.8, 4) is 0 Å². The summed E-state index contributed by atoms with van der Waals surface area (Å²) in [5.41, 5.74) is 15.8. The number of nitrogens with two attached hydrogens (primary N) is 2. The monoisotopic (exact) mass is 453 g/mol. The standard InChI is InChI=1S/C27H43N5O/c1-20-24(25(29)33)22-9-5-6-10-23(22)30-27(20,26(19-28)14-7-4-8-15-26)32-17-12-21(13-18-32)11-16-31(2)3/h5-6,9-10,21,30H,4,7-8,11-19,28H2,1-3H3,(H2,29,33). The first-order valence-electron chi connectivity index (χ1n) is 12.8. The molecule has 2 heterocycles. The summed E-state index contributed by atoms with van der Waals surface area (Å²) in [4.78, 5) is 17.8. The molecule has 4 rings (SSSR count). The number of hydrogen-bond donors (Lipinski definition) is 3. The summed E-state index contributed by atoms with van der Waals surface area (Å²) in [5, 5.41) is 4.01. The number of carbonyl (C=O) groups excluding carboxylic acids is 1. The molecule has 0 spiro atoms. The van der Waals surface area contributed by atoms with E-state index in [2.05, 4.69) is 42.2 Å². The van der Waals surface area contributed by atoms with Gasteiger partial charge in [-0.1, -0.05) is 37.5 Å². The lowest BCUT2D eigenvalue weighted by Crippen LogP contribution is -2.70. The highest BCUT2D eigenvalue weighted by atomic mass is 16.1. The van der Waals surface area contributed by atoms with Crippen LogP contribution < -0.4 is 16.8 Å². The molecule has 2 aliphatic heterocycles. The topological polar surface area (TPSA) is 87.6 Å². The number of anilines is 1. The Morgan fingerprint density at radius 1 is 1.15 bits per heavy atom. The summed E-state index contributed by atoms with van der Waals surface area (Å²) in [6.07, 6.45) is 9.37. The van der Waals surface area contributed by atoms with Crippen molar-refractivity contribution in [1.82, 2.24) is 9.80 Å². The van der Waals surface area contributed by atoms with Gasteiger partial charge in [0.1, 0.15) is 5.66 Å². The Balaban J connectivity index is 1.79. The quantitative estimate of drug-likeness (QED) is 0.587. The highest BCUT2D eigenvalue weighted by Gasteiger charge is 2.58. The second-order valence-electron chi connectivity index (χ2n) is 10.8. The van der Waals surface area contributed by atoms with Gasteiger partial charge < -0.3 is 21.7 Å². The lowest BCUT2D eigenvalue weighted by molar-refractivity contribution is -0.113. The number of hydrogen-bond acceptors (Lipinski definition) is 5. The smallest absolute Gasteiger partial charge is 0.249 e. The van der Waals surface area contributed by atoms with Crippen LogP contribution >= 0.6 is 0 Å². The number of rotatable bonds is 7. The minimum atomic E-state index is -0.479. The number of benzene rings is 1. The van der Waals surface area contributed by atoms with Crippen LogP contribution in [0.15, 0.2) is 29.8 Å². The number of amides is 1. The van der Waals surface area contributed by atoms with Crippen LogP contribution in [0, 0.1) is 11.3 Å². The zero-order valence-corrected chi connectivity index (χ0v) is 20.8. The van der Waals surface area contributed by atoms with Crippen molar-refractivity contribution in [1.29, 1.82) is 0 Å². The molecule has 6 heteroatoms. The normalized spacial score (nSPS) is 26.2. The molecule has 0 bridgehead atoms. The average Bonchev–Trinajstić information content (AvgIpc) is 2.82. The minimum absolute atomic E-state index is 0.125. The molecule has 3 aliphatic rings. The summed E-state index contributed by atoms with van der Waals surface area (Å²) in [6.45, 7) is 5.90. The number of piperidine rings is 1. The fourth-order valence-corrected chi connectivity index (χ4v) is 6.92. The predicted octanol–water partition coefficient (Wildman–Crippen LogP) is 3.64. The van der Waals surface area contributed by atoms with E-state index in [1.165, 1.54) is 38.5 Å². The summed E-state index contributed by atoms with van der Waals surface area (Å²) >= 11 is 0. The predicted molar refractivity (Wildman–Crippen MR) is 137 cm³/mol. The van der Waals surface area contributed by atoms with Gasteiger partial charge in [-0.15, -0.1) is 0 Å². The Morgan fingerprint density at radius 2 is 1.82 bits per heavy atom. The van der Waals surface area contributed by atoms with Crippen LogP contribution in [0.3, 0.4) is 0 Å². The summed E-state index contributed by atoms with van der Waals surface area (Å²) in [7, 11) is 4.31. The molecule has 6 nitrogen and oxygen atoms in total. The molecule has 1 amide bonds. The number of primary amides is 1. The van der Waals surface area contributed by atoms with Crippen LogP contribution in [0.2, 0.25) is 0 Å². The molecule has 5 N–H and O–H groups in total. The van der Waals surface area contributed by atoms with Gasteiger partial charge in [0.15, 0.2) is 0 Å². The maximum Gasteiger partial charge on any atom is 0.249 e. The van der Waals surface area contributed by atoms with Crippen LogP contribution in [0.4, 0.5) is 5.69 Å². The largest absolute Gasteiger partial charge is 0.366 e. The Labute approximate surface area is 199 Å². The van der Waals surface area contributed by atoms with Gasteiger partial charge >= 0.3 is 0 Å². The van der Waals surface area contributed by atoms with E-state index in [4.69, 9.17) is 11.5 Å². The Hall–Kier alpha value is -1.89. The lowest BCUT2D eigenvalue weighted by atomic mass is 9.60. The number of likely N-dealkylation sites (tertiary alicyclic amines) is 1. The SMILES string of the molecule is CC1=C(C(N)=O)c2ccccc2NC1(N1CCC(CCN(C)C)CC1)C1(CN)CCCCC1. The molecule has 182 valence electrons. The fourth-order valence-electron chi connectivity index (χ4n) is 6.92. The third-order valence-corrected chi connectivity index (χ3v) is 8.72. The fraction of sp³-hybridized carbons (Fsp3) is 0.667. The van der Waals surface area contributed by atoms with Crippen molar-refractivity contribution in [2.24, 2.45) is 22.8 Å². The van der Waals surface area contributed by atoms with E-state index in [0.717, 1.165) is 55.2 Å². The maximum absolute atomic E-state index is 12.9. The van der Waals surface area contributed by atoms with Gasteiger partial charge in [-0.05, 0) is 77.2 Å². The van der Waals surface area contributed by atoms with Gasteiger partial charge in [-0.2, -0.15) is 0 Å². The lowest BCUT2D eigenvalue weighted by Gasteiger charge is -2.61. The zero-order chi connectivity index (χ0) is 23.6. The molecule has 1 saturated heterocycles. The molecular weight excluding hydrogens is 410 g/mol. The first-order chi connectivity index (χ1) is 15.8. The number of fused-ring (bicyclic) bond motifs is 1.